The molecule has 0 unspecified atom stereocenters. The van der Waals surface area contributed by atoms with E-state index in [1.165, 1.54) is 11.1 Å². The van der Waals surface area contributed by atoms with Crippen molar-refractivity contribution < 1.29 is 26.2 Å². The molecular formula is C34H32N3OPt-. The van der Waals surface area contributed by atoms with Crippen LogP contribution >= 0.6 is 0 Å². The number of phenols is 1. The normalized spacial score (nSPS) is 10.9. The summed E-state index contributed by atoms with van der Waals surface area (Å²) in [5.74, 6) is 1.75. The molecule has 5 rings (SSSR count). The molecule has 0 aliphatic rings. The van der Waals surface area contributed by atoms with E-state index in [1.807, 2.05) is 72.8 Å². The first-order valence-corrected chi connectivity index (χ1v) is 13.0. The molecule has 0 radical (unpaired) electrons. The third-order valence-electron chi connectivity index (χ3n) is 6.66. The molecule has 0 aliphatic carbocycles. The number of rotatable bonds is 7. The van der Waals surface area contributed by atoms with Crippen LogP contribution < -0.4 is 4.90 Å². The van der Waals surface area contributed by atoms with E-state index in [0.717, 1.165) is 39.7 Å². The molecule has 0 spiro atoms. The van der Waals surface area contributed by atoms with Crippen LogP contribution in [0, 0.1) is 6.07 Å². The first-order chi connectivity index (χ1) is 18.4. The second kappa shape index (κ2) is 12.4. The maximum atomic E-state index is 10.5. The van der Waals surface area contributed by atoms with Gasteiger partial charge in [-0.25, -0.2) is 4.98 Å². The van der Waals surface area contributed by atoms with E-state index in [1.54, 1.807) is 12.3 Å². The molecule has 0 saturated carbocycles. The number of aromatic hydroxyl groups is 1. The molecule has 0 bridgehead atoms. The van der Waals surface area contributed by atoms with Crippen molar-refractivity contribution in [1.29, 1.82) is 0 Å². The molecule has 1 N–H and O–H groups in total. The van der Waals surface area contributed by atoms with Gasteiger partial charge in [-0.1, -0.05) is 69.7 Å². The zero-order chi connectivity index (χ0) is 26.6. The Labute approximate surface area is 245 Å². The largest absolute Gasteiger partial charge is 0.517 e. The molecule has 200 valence electrons. The van der Waals surface area contributed by atoms with E-state index in [2.05, 4.69) is 61.8 Å². The molecule has 2 heterocycles. The maximum Gasteiger partial charge on any atom is 0.136 e. The molecule has 0 fully saturated rings. The van der Waals surface area contributed by atoms with Crippen molar-refractivity contribution in [2.24, 2.45) is 0 Å². The Kier molecular flexibility index (Phi) is 8.99. The van der Waals surface area contributed by atoms with Crippen LogP contribution in [0.5, 0.6) is 5.75 Å². The molecule has 2 aromatic heterocycles. The van der Waals surface area contributed by atoms with Crippen molar-refractivity contribution in [3.05, 3.63) is 120 Å². The van der Waals surface area contributed by atoms with Gasteiger partial charge in [-0.15, -0.1) is 29.8 Å². The minimum absolute atomic E-state index is 0. The molecule has 0 aliphatic heterocycles. The van der Waals surface area contributed by atoms with E-state index < -0.39 is 0 Å². The fourth-order valence-corrected chi connectivity index (χ4v) is 4.50. The van der Waals surface area contributed by atoms with Crippen LogP contribution in [0.2, 0.25) is 0 Å². The first kappa shape index (κ1) is 28.3. The van der Waals surface area contributed by atoms with E-state index in [9.17, 15) is 5.11 Å². The Morgan fingerprint density at radius 2 is 1.38 bits per heavy atom. The van der Waals surface area contributed by atoms with Crippen LogP contribution in [0.3, 0.4) is 0 Å². The second-order valence-electron chi connectivity index (χ2n) is 10.1. The number of nitrogens with zero attached hydrogens (tertiary/aromatic N) is 3. The fraction of sp³-hybridized carbons (Fsp3) is 0.176. The molecule has 4 nitrogen and oxygen atoms in total. The summed E-state index contributed by atoms with van der Waals surface area (Å²) in [4.78, 5) is 11.7. The average Bonchev–Trinajstić information content (AvgIpc) is 2.94. The predicted octanol–water partition coefficient (Wildman–Crippen LogP) is 9.03. The molecule has 39 heavy (non-hydrogen) atoms. The Morgan fingerprint density at radius 3 is 2.05 bits per heavy atom. The summed E-state index contributed by atoms with van der Waals surface area (Å²) >= 11 is 0. The van der Waals surface area contributed by atoms with Gasteiger partial charge in [0.1, 0.15) is 5.82 Å². The number of anilines is 3. The summed E-state index contributed by atoms with van der Waals surface area (Å²) in [6.45, 7) is 8.88. The smallest absolute Gasteiger partial charge is 0.136 e. The van der Waals surface area contributed by atoms with Gasteiger partial charge in [0, 0.05) is 32.9 Å². The minimum atomic E-state index is 0. The Morgan fingerprint density at radius 1 is 0.718 bits per heavy atom. The van der Waals surface area contributed by atoms with Crippen LogP contribution in [0.4, 0.5) is 17.2 Å². The van der Waals surface area contributed by atoms with Gasteiger partial charge < -0.3 is 10.0 Å². The van der Waals surface area contributed by atoms with Crippen LogP contribution in [0.1, 0.15) is 50.7 Å². The van der Waals surface area contributed by atoms with Crippen LogP contribution in [0.15, 0.2) is 103 Å². The number of phenolic OH excluding ortho intramolecular Hbond substituents is 1. The van der Waals surface area contributed by atoms with E-state index in [4.69, 9.17) is 4.98 Å². The third kappa shape index (κ3) is 6.29. The Hall–Kier alpha value is -3.75. The third-order valence-corrected chi connectivity index (χ3v) is 6.66. The number of hydrogen-bond donors (Lipinski definition) is 1. The van der Waals surface area contributed by atoms with Crippen molar-refractivity contribution in [3.8, 4) is 28.3 Å². The first-order valence-electron chi connectivity index (χ1n) is 13.0. The number of hydrogen-bond acceptors (Lipinski definition) is 4. The summed E-state index contributed by atoms with van der Waals surface area (Å²) in [7, 11) is 0. The Balaban J connectivity index is 0.00000353. The summed E-state index contributed by atoms with van der Waals surface area (Å²) < 4.78 is 0. The van der Waals surface area contributed by atoms with Gasteiger partial charge in [0.25, 0.3) is 0 Å². The molecule has 0 saturated heterocycles. The summed E-state index contributed by atoms with van der Waals surface area (Å²) in [5.41, 5.74) is 7.58. The zero-order valence-electron chi connectivity index (χ0n) is 22.6. The van der Waals surface area contributed by atoms with Gasteiger partial charge in [0.2, 0.25) is 0 Å². The minimum Gasteiger partial charge on any atom is -0.517 e. The van der Waals surface area contributed by atoms with Gasteiger partial charge in [0.15, 0.2) is 0 Å². The SMILES string of the molecule is CC(C)c1cc(C(C)C)cc(N(c2[c-]c(-c3ccccc3O)ccc2)c2cccc(-c3ccccn3)n2)c1.[Pt]. The van der Waals surface area contributed by atoms with Gasteiger partial charge in [-0.05, 0) is 71.1 Å². The Bertz CT molecular complexity index is 1520. The van der Waals surface area contributed by atoms with E-state index >= 15 is 0 Å². The standard InChI is InChI=1S/C34H32N3O.Pt/c1-23(2)26-19-27(24(3)4)22-29(21-26)37(34-17-10-15-32(36-34)31-14-7-8-18-35-31)28-12-9-11-25(20-28)30-13-5-6-16-33(30)38;/h5-19,21-24,38H,1-4H3;/q-1;. The van der Waals surface area contributed by atoms with Crippen LogP contribution in [-0.2, 0) is 21.1 Å². The van der Waals surface area contributed by atoms with Gasteiger partial charge in [-0.2, -0.15) is 0 Å². The van der Waals surface area contributed by atoms with E-state index in [0.29, 0.717) is 11.8 Å². The van der Waals surface area contributed by atoms with Crippen molar-refractivity contribution >= 4 is 17.2 Å². The fourth-order valence-electron chi connectivity index (χ4n) is 4.50. The number of aromatic nitrogens is 2. The predicted molar refractivity (Wildman–Crippen MR) is 156 cm³/mol. The van der Waals surface area contributed by atoms with Crippen molar-refractivity contribution in [1.82, 2.24) is 9.97 Å². The number of pyridine rings is 2. The molecule has 0 amide bonds. The molecule has 5 heteroatoms. The van der Waals surface area contributed by atoms with Crippen LogP contribution in [0.25, 0.3) is 22.5 Å². The van der Waals surface area contributed by atoms with Crippen molar-refractivity contribution in [3.63, 3.8) is 0 Å². The average molecular weight is 694 g/mol. The molecule has 5 aromatic rings. The maximum absolute atomic E-state index is 10.5. The monoisotopic (exact) mass is 693 g/mol. The van der Waals surface area contributed by atoms with Crippen LogP contribution in [-0.4, -0.2) is 15.1 Å². The summed E-state index contributed by atoms with van der Waals surface area (Å²) in [5, 5.41) is 10.5. The summed E-state index contributed by atoms with van der Waals surface area (Å²) in [6.07, 6.45) is 1.78. The topological polar surface area (TPSA) is 49.2 Å². The molecular weight excluding hydrogens is 661 g/mol. The number of para-hydroxylation sites is 1. The second-order valence-corrected chi connectivity index (χ2v) is 10.1. The van der Waals surface area contributed by atoms with Crippen molar-refractivity contribution in [2.45, 2.75) is 39.5 Å². The zero-order valence-corrected chi connectivity index (χ0v) is 24.8. The number of benzene rings is 3. The van der Waals surface area contributed by atoms with Crippen molar-refractivity contribution in [2.75, 3.05) is 4.90 Å². The molecule has 0 atom stereocenters. The van der Waals surface area contributed by atoms with Gasteiger partial charge in [-0.3, -0.25) is 4.98 Å². The van der Waals surface area contributed by atoms with E-state index in [-0.39, 0.29) is 26.8 Å². The molecule has 3 aromatic carbocycles. The van der Waals surface area contributed by atoms with Gasteiger partial charge in [0.05, 0.1) is 17.1 Å². The summed E-state index contributed by atoms with van der Waals surface area (Å²) in [6, 6.07) is 35.6. The van der Waals surface area contributed by atoms with Gasteiger partial charge >= 0.3 is 0 Å². The quantitative estimate of drug-likeness (QED) is 0.173.